The lowest BCUT2D eigenvalue weighted by molar-refractivity contribution is 0.0429. The van der Waals surface area contributed by atoms with Crippen LogP contribution in [0.25, 0.3) is 0 Å². The van der Waals surface area contributed by atoms with Crippen LogP contribution in [0, 0.1) is 6.92 Å². The highest BCUT2D eigenvalue weighted by Crippen LogP contribution is 2.22. The van der Waals surface area contributed by atoms with Crippen LogP contribution in [-0.2, 0) is 18.2 Å². The highest BCUT2D eigenvalue weighted by atomic mass is 16.5. The third-order valence-corrected chi connectivity index (χ3v) is 3.41. The first-order valence-corrected chi connectivity index (χ1v) is 7.03. The summed E-state index contributed by atoms with van der Waals surface area (Å²) in [5.41, 5.74) is 9.66. The zero-order chi connectivity index (χ0) is 14.5. The fourth-order valence-electron chi connectivity index (χ4n) is 2.49. The molecule has 0 spiro atoms. The van der Waals surface area contributed by atoms with Crippen molar-refractivity contribution in [3.63, 3.8) is 0 Å². The van der Waals surface area contributed by atoms with Crippen LogP contribution in [0.2, 0.25) is 0 Å². The number of hydrogen-bond donors (Lipinski definition) is 1. The van der Waals surface area contributed by atoms with E-state index in [1.807, 2.05) is 43.8 Å². The highest BCUT2D eigenvalue weighted by molar-refractivity contribution is 5.20. The number of benzene rings is 1. The third kappa shape index (κ3) is 3.46. The van der Waals surface area contributed by atoms with Crippen molar-refractivity contribution < 1.29 is 4.74 Å². The van der Waals surface area contributed by atoms with Crippen molar-refractivity contribution in [3.05, 3.63) is 53.3 Å². The van der Waals surface area contributed by atoms with Crippen molar-refractivity contribution in [2.75, 3.05) is 6.61 Å². The van der Waals surface area contributed by atoms with Crippen LogP contribution < -0.4 is 5.73 Å². The van der Waals surface area contributed by atoms with Crippen LogP contribution in [0.1, 0.15) is 30.0 Å². The van der Waals surface area contributed by atoms with Crippen molar-refractivity contribution >= 4 is 0 Å². The second-order valence-electron chi connectivity index (χ2n) is 5.06. The summed E-state index contributed by atoms with van der Waals surface area (Å²) in [5.74, 6) is 0. The van der Waals surface area contributed by atoms with Gasteiger partial charge in [-0.2, -0.15) is 5.10 Å². The summed E-state index contributed by atoms with van der Waals surface area (Å²) in [7, 11) is 1.95. The number of ether oxygens (including phenoxy) is 1. The summed E-state index contributed by atoms with van der Waals surface area (Å²) in [6, 6.07) is 12.1. The molecule has 0 aliphatic heterocycles. The van der Waals surface area contributed by atoms with Gasteiger partial charge in [0.1, 0.15) is 0 Å². The van der Waals surface area contributed by atoms with E-state index in [1.54, 1.807) is 0 Å². The molecular weight excluding hydrogens is 250 g/mol. The van der Waals surface area contributed by atoms with E-state index in [-0.39, 0.29) is 12.1 Å². The maximum absolute atomic E-state index is 6.38. The number of aryl methyl sites for hydroxylation is 2. The number of aromatic nitrogens is 2. The van der Waals surface area contributed by atoms with Crippen molar-refractivity contribution in [1.82, 2.24) is 9.78 Å². The normalized spacial score (nSPS) is 14.2. The Bertz CT molecular complexity index is 536. The monoisotopic (exact) mass is 273 g/mol. The van der Waals surface area contributed by atoms with E-state index in [4.69, 9.17) is 10.5 Å². The molecule has 0 amide bonds. The number of rotatable bonds is 6. The Kier molecular flexibility index (Phi) is 4.93. The van der Waals surface area contributed by atoms with E-state index in [2.05, 4.69) is 23.3 Å². The predicted molar refractivity (Wildman–Crippen MR) is 80.4 cm³/mol. The van der Waals surface area contributed by atoms with Gasteiger partial charge >= 0.3 is 0 Å². The molecule has 0 aliphatic rings. The second kappa shape index (κ2) is 6.68. The molecule has 2 rings (SSSR count). The van der Waals surface area contributed by atoms with Gasteiger partial charge in [0.05, 0.1) is 11.8 Å². The lowest BCUT2D eigenvalue weighted by atomic mass is 9.99. The van der Waals surface area contributed by atoms with E-state index in [0.717, 1.165) is 23.4 Å². The quantitative estimate of drug-likeness (QED) is 0.879. The largest absolute Gasteiger partial charge is 0.372 e. The predicted octanol–water partition coefficient (Wildman–Crippen LogP) is 2.38. The minimum atomic E-state index is -0.0906. The maximum atomic E-state index is 6.38. The van der Waals surface area contributed by atoms with Gasteiger partial charge in [0.15, 0.2) is 0 Å². The van der Waals surface area contributed by atoms with Crippen molar-refractivity contribution in [1.29, 1.82) is 0 Å². The van der Waals surface area contributed by atoms with Crippen LogP contribution >= 0.6 is 0 Å². The van der Waals surface area contributed by atoms with E-state index >= 15 is 0 Å². The molecule has 0 saturated carbocycles. The zero-order valence-corrected chi connectivity index (χ0v) is 12.4. The molecule has 2 unspecified atom stereocenters. The summed E-state index contributed by atoms with van der Waals surface area (Å²) in [4.78, 5) is 0. The van der Waals surface area contributed by atoms with Gasteiger partial charge in [0.2, 0.25) is 0 Å². The molecule has 0 fully saturated rings. The molecule has 1 aromatic carbocycles. The van der Waals surface area contributed by atoms with E-state index in [1.165, 1.54) is 0 Å². The van der Waals surface area contributed by atoms with E-state index < -0.39 is 0 Å². The zero-order valence-electron chi connectivity index (χ0n) is 12.4. The number of nitrogens with two attached hydrogens (primary N) is 1. The highest BCUT2D eigenvalue weighted by Gasteiger charge is 2.21. The van der Waals surface area contributed by atoms with Crippen LogP contribution in [0.4, 0.5) is 0 Å². The standard InChI is InChI=1S/C16H23N3O/c1-4-20-16(13-8-6-5-7-9-13)15(17)11-14-10-12(2)18-19(14)3/h5-10,15-16H,4,11,17H2,1-3H3. The van der Waals surface area contributed by atoms with Crippen molar-refractivity contribution in [2.45, 2.75) is 32.4 Å². The van der Waals surface area contributed by atoms with Crippen molar-refractivity contribution in [3.8, 4) is 0 Å². The smallest absolute Gasteiger partial charge is 0.0979 e. The van der Waals surface area contributed by atoms with Crippen LogP contribution in [0.3, 0.4) is 0 Å². The molecule has 0 saturated heterocycles. The molecule has 108 valence electrons. The van der Waals surface area contributed by atoms with E-state index in [9.17, 15) is 0 Å². The summed E-state index contributed by atoms with van der Waals surface area (Å²) < 4.78 is 7.75. The third-order valence-electron chi connectivity index (χ3n) is 3.41. The average Bonchev–Trinajstić information content (AvgIpc) is 2.75. The molecule has 0 bridgehead atoms. The van der Waals surface area contributed by atoms with Gasteiger partial charge in [-0.1, -0.05) is 30.3 Å². The number of hydrogen-bond acceptors (Lipinski definition) is 3. The number of nitrogens with zero attached hydrogens (tertiary/aromatic N) is 2. The molecule has 4 nitrogen and oxygen atoms in total. The molecule has 2 N–H and O–H groups in total. The minimum Gasteiger partial charge on any atom is -0.372 e. The Labute approximate surface area is 120 Å². The Balaban J connectivity index is 2.15. The Morgan fingerprint density at radius 3 is 2.55 bits per heavy atom. The molecule has 2 atom stereocenters. The first-order chi connectivity index (χ1) is 9.61. The Morgan fingerprint density at radius 2 is 2.00 bits per heavy atom. The molecule has 1 aromatic heterocycles. The second-order valence-corrected chi connectivity index (χ2v) is 5.06. The molecule has 0 aliphatic carbocycles. The molecule has 1 heterocycles. The molecular formula is C16H23N3O. The molecule has 2 aromatic rings. The van der Waals surface area contributed by atoms with Crippen molar-refractivity contribution in [2.24, 2.45) is 12.8 Å². The fourth-order valence-corrected chi connectivity index (χ4v) is 2.49. The van der Waals surface area contributed by atoms with Gasteiger partial charge in [-0.05, 0) is 25.5 Å². The lowest BCUT2D eigenvalue weighted by Crippen LogP contribution is -2.33. The average molecular weight is 273 g/mol. The molecule has 4 heteroatoms. The van der Waals surface area contributed by atoms with Crippen LogP contribution in [-0.4, -0.2) is 22.4 Å². The fraction of sp³-hybridized carbons (Fsp3) is 0.438. The van der Waals surface area contributed by atoms with Crippen LogP contribution in [0.15, 0.2) is 36.4 Å². The summed E-state index contributed by atoms with van der Waals surface area (Å²) in [6.45, 7) is 4.64. The van der Waals surface area contributed by atoms with Gasteiger partial charge in [-0.3, -0.25) is 4.68 Å². The summed E-state index contributed by atoms with van der Waals surface area (Å²) in [5, 5.41) is 4.36. The van der Waals surface area contributed by atoms with Gasteiger partial charge in [0.25, 0.3) is 0 Å². The minimum absolute atomic E-state index is 0.0867. The van der Waals surface area contributed by atoms with Crippen LogP contribution in [0.5, 0.6) is 0 Å². The SMILES string of the molecule is CCOC(c1ccccc1)C(N)Cc1cc(C)nn1C. The topological polar surface area (TPSA) is 53.1 Å². The molecule has 0 radical (unpaired) electrons. The molecule has 20 heavy (non-hydrogen) atoms. The van der Waals surface area contributed by atoms with Gasteiger partial charge in [-0.25, -0.2) is 0 Å². The summed E-state index contributed by atoms with van der Waals surface area (Å²) >= 11 is 0. The maximum Gasteiger partial charge on any atom is 0.0979 e. The van der Waals surface area contributed by atoms with Gasteiger partial charge in [0, 0.05) is 31.8 Å². The first kappa shape index (κ1) is 14.8. The van der Waals surface area contributed by atoms with Gasteiger partial charge in [-0.15, -0.1) is 0 Å². The Morgan fingerprint density at radius 1 is 1.30 bits per heavy atom. The van der Waals surface area contributed by atoms with Gasteiger partial charge < -0.3 is 10.5 Å². The summed E-state index contributed by atoms with van der Waals surface area (Å²) in [6.07, 6.45) is 0.660. The lowest BCUT2D eigenvalue weighted by Gasteiger charge is -2.24. The Hall–Kier alpha value is -1.65. The first-order valence-electron chi connectivity index (χ1n) is 7.03. The van der Waals surface area contributed by atoms with E-state index in [0.29, 0.717) is 6.61 Å².